The monoisotopic (exact) mass is 239 g/mol. The van der Waals surface area contributed by atoms with Gasteiger partial charge in [-0.15, -0.1) is 0 Å². The van der Waals surface area contributed by atoms with Crippen LogP contribution in [0.25, 0.3) is 0 Å². The summed E-state index contributed by atoms with van der Waals surface area (Å²) in [4.78, 5) is 10.5. The van der Waals surface area contributed by atoms with Crippen molar-refractivity contribution >= 4 is 5.91 Å². The van der Waals surface area contributed by atoms with Crippen LogP contribution < -0.4 is 10.1 Å². The highest BCUT2D eigenvalue weighted by molar-refractivity contribution is 5.73. The molecule has 0 atom stereocenters. The summed E-state index contributed by atoms with van der Waals surface area (Å²) in [5.74, 6) is 2.40. The van der Waals surface area contributed by atoms with Gasteiger partial charge in [-0.2, -0.15) is 4.39 Å². The van der Waals surface area contributed by atoms with Crippen LogP contribution >= 0.6 is 0 Å². The lowest BCUT2D eigenvalue weighted by molar-refractivity contribution is -0.118. The minimum absolute atomic E-state index is 0.0753. The van der Waals surface area contributed by atoms with E-state index in [-0.39, 0.29) is 23.8 Å². The van der Waals surface area contributed by atoms with Crippen LogP contribution in [0.5, 0.6) is 5.75 Å². The average molecular weight is 239 g/mol. The van der Waals surface area contributed by atoms with E-state index in [1.807, 2.05) is 0 Å². The molecular formula is C12H11F2NO2. The van der Waals surface area contributed by atoms with E-state index in [2.05, 4.69) is 21.9 Å². The number of carbonyl (C=O) groups excluding carboxylic acids is 1. The van der Waals surface area contributed by atoms with Crippen LogP contribution in [0, 0.1) is 23.5 Å². The van der Waals surface area contributed by atoms with Crippen molar-refractivity contribution < 1.29 is 18.3 Å². The number of hydrogen-bond donors (Lipinski definition) is 1. The minimum atomic E-state index is -1.07. The normalized spacial score (nSPS) is 9.18. The van der Waals surface area contributed by atoms with Crippen molar-refractivity contribution in [3.8, 4) is 17.6 Å². The molecular weight excluding hydrogens is 228 g/mol. The lowest BCUT2D eigenvalue weighted by atomic mass is 10.2. The van der Waals surface area contributed by atoms with Gasteiger partial charge in [-0.05, 0) is 12.1 Å². The van der Waals surface area contributed by atoms with Crippen LogP contribution in [0.4, 0.5) is 8.78 Å². The Labute approximate surface area is 97.8 Å². The van der Waals surface area contributed by atoms with E-state index in [0.717, 1.165) is 0 Å². The Kier molecular flexibility index (Phi) is 4.46. The molecule has 0 saturated heterocycles. The Bertz CT molecular complexity index is 489. The standard InChI is InChI=1S/C12H11F2NO2/c1-8(16)15-7-3-4-9-5-6-10(17-2)12(14)11(9)13/h5-6H,7H2,1-2H3,(H,15,16). The van der Waals surface area contributed by atoms with E-state index in [9.17, 15) is 13.6 Å². The van der Waals surface area contributed by atoms with Crippen molar-refractivity contribution in [2.45, 2.75) is 6.92 Å². The highest BCUT2D eigenvalue weighted by Gasteiger charge is 2.12. The van der Waals surface area contributed by atoms with Crippen LogP contribution in [0.3, 0.4) is 0 Å². The zero-order chi connectivity index (χ0) is 12.8. The molecule has 0 spiro atoms. The minimum Gasteiger partial charge on any atom is -0.494 e. The zero-order valence-corrected chi connectivity index (χ0v) is 9.43. The van der Waals surface area contributed by atoms with Crippen LogP contribution in [-0.2, 0) is 4.79 Å². The molecule has 0 saturated carbocycles. The molecule has 90 valence electrons. The molecule has 0 aliphatic rings. The fourth-order valence-corrected chi connectivity index (χ4v) is 1.09. The van der Waals surface area contributed by atoms with E-state index >= 15 is 0 Å². The zero-order valence-electron chi connectivity index (χ0n) is 9.43. The maximum atomic E-state index is 13.4. The smallest absolute Gasteiger partial charge is 0.217 e. The van der Waals surface area contributed by atoms with Gasteiger partial charge in [-0.1, -0.05) is 11.8 Å². The largest absolute Gasteiger partial charge is 0.494 e. The second kappa shape index (κ2) is 5.85. The summed E-state index contributed by atoms with van der Waals surface area (Å²) in [7, 11) is 1.25. The van der Waals surface area contributed by atoms with Crippen molar-refractivity contribution in [1.82, 2.24) is 5.32 Å². The summed E-state index contributed by atoms with van der Waals surface area (Å²) in [6, 6.07) is 2.61. The Hall–Kier alpha value is -2.09. The van der Waals surface area contributed by atoms with E-state index in [1.54, 1.807) is 0 Å². The third-order valence-corrected chi connectivity index (χ3v) is 1.92. The molecule has 1 N–H and O–H groups in total. The molecule has 0 aliphatic carbocycles. The summed E-state index contributed by atoms with van der Waals surface area (Å²) in [6.07, 6.45) is 0. The van der Waals surface area contributed by atoms with Gasteiger partial charge in [0.15, 0.2) is 11.6 Å². The Morgan fingerprint density at radius 3 is 2.71 bits per heavy atom. The third kappa shape index (κ3) is 3.45. The third-order valence-electron chi connectivity index (χ3n) is 1.92. The second-order valence-electron chi connectivity index (χ2n) is 3.15. The molecule has 17 heavy (non-hydrogen) atoms. The van der Waals surface area contributed by atoms with E-state index < -0.39 is 11.6 Å². The second-order valence-corrected chi connectivity index (χ2v) is 3.15. The summed E-state index contributed by atoms with van der Waals surface area (Å²) in [6.45, 7) is 1.43. The summed E-state index contributed by atoms with van der Waals surface area (Å²) in [5, 5.41) is 2.42. The van der Waals surface area contributed by atoms with E-state index in [1.165, 1.54) is 26.2 Å². The fourth-order valence-electron chi connectivity index (χ4n) is 1.09. The molecule has 1 amide bonds. The number of halogens is 2. The fraction of sp³-hybridized carbons (Fsp3) is 0.250. The van der Waals surface area contributed by atoms with Gasteiger partial charge in [-0.25, -0.2) is 4.39 Å². The number of methoxy groups -OCH3 is 1. The first-order chi connectivity index (χ1) is 8.06. The van der Waals surface area contributed by atoms with Gasteiger partial charge < -0.3 is 10.1 Å². The SMILES string of the molecule is COc1ccc(C#CCNC(C)=O)c(F)c1F. The molecule has 1 aromatic rings. The first-order valence-corrected chi connectivity index (χ1v) is 4.81. The quantitative estimate of drug-likeness (QED) is 0.793. The first-order valence-electron chi connectivity index (χ1n) is 4.81. The van der Waals surface area contributed by atoms with Crippen LogP contribution in [0.15, 0.2) is 12.1 Å². The molecule has 0 aromatic heterocycles. The van der Waals surface area contributed by atoms with Crippen LogP contribution in [-0.4, -0.2) is 19.6 Å². The molecule has 0 heterocycles. The molecule has 0 unspecified atom stereocenters. The highest BCUT2D eigenvalue weighted by atomic mass is 19.2. The van der Waals surface area contributed by atoms with Gasteiger partial charge in [0.25, 0.3) is 0 Å². The van der Waals surface area contributed by atoms with Crippen molar-refractivity contribution in [3.05, 3.63) is 29.3 Å². The molecule has 0 radical (unpaired) electrons. The van der Waals surface area contributed by atoms with Gasteiger partial charge in [-0.3, -0.25) is 4.79 Å². The topological polar surface area (TPSA) is 38.3 Å². The van der Waals surface area contributed by atoms with Crippen molar-refractivity contribution in [2.24, 2.45) is 0 Å². The van der Waals surface area contributed by atoms with Gasteiger partial charge in [0.05, 0.1) is 19.2 Å². The Morgan fingerprint density at radius 2 is 2.12 bits per heavy atom. The van der Waals surface area contributed by atoms with Gasteiger partial charge in [0.2, 0.25) is 11.7 Å². The van der Waals surface area contributed by atoms with Crippen LogP contribution in [0.2, 0.25) is 0 Å². The van der Waals surface area contributed by atoms with Crippen molar-refractivity contribution in [1.29, 1.82) is 0 Å². The predicted octanol–water partition coefficient (Wildman–Crippen LogP) is 1.46. The number of carbonyl (C=O) groups is 1. The maximum absolute atomic E-state index is 13.4. The summed E-state index contributed by atoms with van der Waals surface area (Å²) in [5.41, 5.74) is -0.0753. The van der Waals surface area contributed by atoms with Gasteiger partial charge in [0.1, 0.15) is 0 Å². The molecule has 3 nitrogen and oxygen atoms in total. The lowest BCUT2D eigenvalue weighted by Crippen LogP contribution is -2.19. The highest BCUT2D eigenvalue weighted by Crippen LogP contribution is 2.21. The number of ether oxygens (including phenoxy) is 1. The number of amides is 1. The van der Waals surface area contributed by atoms with Gasteiger partial charge in [0, 0.05) is 6.92 Å². The predicted molar refractivity (Wildman–Crippen MR) is 58.5 cm³/mol. The summed E-state index contributed by atoms with van der Waals surface area (Å²) >= 11 is 0. The molecule has 0 bridgehead atoms. The Morgan fingerprint density at radius 1 is 1.41 bits per heavy atom. The average Bonchev–Trinajstić information content (AvgIpc) is 2.29. The van der Waals surface area contributed by atoms with E-state index in [0.29, 0.717) is 0 Å². The number of benzene rings is 1. The number of hydrogen-bond acceptors (Lipinski definition) is 2. The first kappa shape index (κ1) is 13.0. The maximum Gasteiger partial charge on any atom is 0.217 e. The molecule has 0 fully saturated rings. The lowest BCUT2D eigenvalue weighted by Gasteiger charge is -2.03. The number of rotatable bonds is 2. The molecule has 1 rings (SSSR count). The van der Waals surface area contributed by atoms with Crippen molar-refractivity contribution in [2.75, 3.05) is 13.7 Å². The molecule has 0 aliphatic heterocycles. The Balaban J connectivity index is 2.85. The summed E-state index contributed by atoms with van der Waals surface area (Å²) < 4.78 is 31.3. The van der Waals surface area contributed by atoms with E-state index in [4.69, 9.17) is 0 Å². The molecule has 1 aromatic carbocycles. The number of nitrogens with one attached hydrogen (secondary N) is 1. The van der Waals surface area contributed by atoms with Crippen molar-refractivity contribution in [3.63, 3.8) is 0 Å². The molecule has 5 heteroatoms. The van der Waals surface area contributed by atoms with Gasteiger partial charge >= 0.3 is 0 Å². The van der Waals surface area contributed by atoms with Crippen LogP contribution in [0.1, 0.15) is 12.5 Å².